The third-order valence-electron chi connectivity index (χ3n) is 10.7. The van der Waals surface area contributed by atoms with Gasteiger partial charge in [0.05, 0.1) is 12.7 Å². The number of fused-ring (bicyclic) bond motifs is 2. The molecule has 6 saturated carbocycles. The number of aliphatic hydroxyl groups is 3. The van der Waals surface area contributed by atoms with Crippen molar-refractivity contribution in [3.05, 3.63) is 0 Å². The molecule has 7 fully saturated rings. The molecule has 0 amide bonds. The van der Waals surface area contributed by atoms with E-state index in [4.69, 9.17) is 0 Å². The van der Waals surface area contributed by atoms with E-state index in [-0.39, 0.29) is 17.9 Å². The van der Waals surface area contributed by atoms with Crippen molar-refractivity contribution in [3.8, 4) is 0 Å². The molecule has 10 atom stereocenters. The van der Waals surface area contributed by atoms with Gasteiger partial charge in [-0.1, -0.05) is 13.3 Å². The van der Waals surface area contributed by atoms with Crippen LogP contribution < -0.4 is 0 Å². The molecule has 4 nitrogen and oxygen atoms in total. The zero-order chi connectivity index (χ0) is 17.4. The van der Waals surface area contributed by atoms with Gasteiger partial charge >= 0.3 is 0 Å². The Bertz CT molecular complexity index is 641. The number of hydrogen-bond acceptors (Lipinski definition) is 4. The summed E-state index contributed by atoms with van der Waals surface area (Å²) >= 11 is 0. The highest BCUT2D eigenvalue weighted by Crippen LogP contribution is 2.83. The molecule has 6 aliphatic carbocycles. The van der Waals surface area contributed by atoms with E-state index in [0.717, 1.165) is 25.2 Å². The van der Waals surface area contributed by atoms with Crippen molar-refractivity contribution in [1.82, 2.24) is 4.90 Å². The second-order valence-corrected chi connectivity index (χ2v) is 11.1. The van der Waals surface area contributed by atoms with E-state index in [1.807, 2.05) is 0 Å². The molecule has 140 valence electrons. The van der Waals surface area contributed by atoms with Crippen molar-refractivity contribution in [3.63, 3.8) is 0 Å². The van der Waals surface area contributed by atoms with Gasteiger partial charge in [0.25, 0.3) is 0 Å². The summed E-state index contributed by atoms with van der Waals surface area (Å²) in [6, 6.07) is 0.588. The summed E-state index contributed by atoms with van der Waals surface area (Å²) in [6.45, 7) is 3.45. The lowest BCUT2D eigenvalue weighted by atomic mass is 9.38. The van der Waals surface area contributed by atoms with Gasteiger partial charge in [0.15, 0.2) is 0 Å². The minimum absolute atomic E-state index is 0.0762. The first-order valence-electron chi connectivity index (χ1n) is 10.6. The molecule has 3 N–H and O–H groups in total. The molecule has 0 radical (unpaired) electrons. The molecule has 2 unspecified atom stereocenters. The normalized spacial score (nSPS) is 67.6. The summed E-state index contributed by atoms with van der Waals surface area (Å²) in [6.07, 6.45) is 7.59. The lowest BCUT2D eigenvalue weighted by Crippen LogP contribution is -2.72. The van der Waals surface area contributed by atoms with Crippen LogP contribution >= 0.6 is 0 Å². The topological polar surface area (TPSA) is 63.9 Å². The number of rotatable bonds is 1. The summed E-state index contributed by atoms with van der Waals surface area (Å²) in [7, 11) is 2.32. The summed E-state index contributed by atoms with van der Waals surface area (Å²) in [5.41, 5.74) is -0.610. The average molecular weight is 347 g/mol. The fourth-order valence-electron chi connectivity index (χ4n) is 10.4. The lowest BCUT2D eigenvalue weighted by molar-refractivity contribution is -0.287. The highest BCUT2D eigenvalue weighted by Gasteiger charge is 2.84. The molecular formula is C21H33NO3. The van der Waals surface area contributed by atoms with Gasteiger partial charge in [-0.2, -0.15) is 0 Å². The fraction of sp³-hybridized carbons (Fsp3) is 1.00. The first kappa shape index (κ1) is 15.9. The van der Waals surface area contributed by atoms with Crippen LogP contribution in [-0.2, 0) is 0 Å². The maximum absolute atomic E-state index is 11.4. The Balaban J connectivity index is 1.56. The molecule has 0 aromatic rings. The average Bonchev–Trinajstić information content (AvgIpc) is 3.02. The van der Waals surface area contributed by atoms with E-state index in [0.29, 0.717) is 28.7 Å². The molecule has 7 bridgehead atoms. The predicted molar refractivity (Wildman–Crippen MR) is 93.7 cm³/mol. The summed E-state index contributed by atoms with van der Waals surface area (Å²) in [5.74, 6) is 1.94. The molecule has 25 heavy (non-hydrogen) atoms. The van der Waals surface area contributed by atoms with Crippen molar-refractivity contribution in [2.45, 2.75) is 69.6 Å². The van der Waals surface area contributed by atoms with E-state index in [1.165, 1.54) is 32.2 Å². The lowest BCUT2D eigenvalue weighted by Gasteiger charge is -2.69. The van der Waals surface area contributed by atoms with E-state index in [1.54, 1.807) is 0 Å². The summed E-state index contributed by atoms with van der Waals surface area (Å²) < 4.78 is 0. The molecule has 4 heteroatoms. The van der Waals surface area contributed by atoms with Gasteiger partial charge < -0.3 is 20.2 Å². The zero-order valence-electron chi connectivity index (χ0n) is 15.6. The Morgan fingerprint density at radius 1 is 1.08 bits per heavy atom. The predicted octanol–water partition coefficient (Wildman–Crippen LogP) is 1.63. The number of nitrogens with zero attached hydrogens (tertiary/aromatic N) is 1. The van der Waals surface area contributed by atoms with Gasteiger partial charge in [-0.3, -0.25) is 0 Å². The molecule has 1 aliphatic heterocycles. The molecule has 7 aliphatic rings. The number of hydrogen-bond donors (Lipinski definition) is 3. The Morgan fingerprint density at radius 3 is 2.64 bits per heavy atom. The standard InChI is InChI=1S/C21H33NO3/c1-18-5-3-6-20-14(18)9-13(16(20)22(2)10-18)19-7-4-12(8-15(19)20)21(25,11-23)17(19)24/h12-17,23-25H,3-11H2,1-2H3/t12-,13-,14+,15?,16?,17-,18-,19-,20+,21-/m0/s1. The monoisotopic (exact) mass is 347 g/mol. The van der Waals surface area contributed by atoms with Crippen LogP contribution in [0.2, 0.25) is 0 Å². The van der Waals surface area contributed by atoms with Gasteiger partial charge in [0.2, 0.25) is 0 Å². The largest absolute Gasteiger partial charge is 0.393 e. The van der Waals surface area contributed by atoms with Gasteiger partial charge in [-0.05, 0) is 80.1 Å². The molecule has 0 aromatic heterocycles. The number of likely N-dealkylation sites (tertiary alicyclic amines) is 1. The van der Waals surface area contributed by atoms with Crippen molar-refractivity contribution in [2.24, 2.45) is 39.9 Å². The second kappa shape index (κ2) is 4.29. The summed E-state index contributed by atoms with van der Waals surface area (Å²) in [5, 5.41) is 32.6. The van der Waals surface area contributed by atoms with Gasteiger partial charge in [0.1, 0.15) is 5.60 Å². The molecule has 1 heterocycles. The Morgan fingerprint density at radius 2 is 1.88 bits per heavy atom. The van der Waals surface area contributed by atoms with E-state index in [2.05, 4.69) is 18.9 Å². The fourth-order valence-corrected chi connectivity index (χ4v) is 10.4. The van der Waals surface area contributed by atoms with Crippen molar-refractivity contribution in [2.75, 3.05) is 20.2 Å². The molecule has 2 spiro atoms. The van der Waals surface area contributed by atoms with Crippen molar-refractivity contribution < 1.29 is 15.3 Å². The zero-order valence-corrected chi connectivity index (χ0v) is 15.6. The van der Waals surface area contributed by atoms with E-state index >= 15 is 0 Å². The first-order valence-corrected chi connectivity index (χ1v) is 10.6. The Labute approximate surface area is 150 Å². The SMILES string of the molecule is CN1C[C@]2(C)CCC[C@@]34C1[C@H](C[C@H]23)[C@@]12CC[C@@H](CC41)[C@@](O)(CO)[C@H]2O. The molecule has 0 aromatic carbocycles. The maximum atomic E-state index is 11.4. The quantitative estimate of drug-likeness (QED) is 0.675. The van der Waals surface area contributed by atoms with E-state index < -0.39 is 11.7 Å². The van der Waals surface area contributed by atoms with Gasteiger partial charge in [-0.15, -0.1) is 0 Å². The Hall–Kier alpha value is -0.160. The van der Waals surface area contributed by atoms with Crippen LogP contribution in [0, 0.1) is 39.9 Å². The molecular weight excluding hydrogens is 314 g/mol. The van der Waals surface area contributed by atoms with Gasteiger partial charge in [-0.25, -0.2) is 0 Å². The molecule has 1 saturated heterocycles. The molecule has 7 rings (SSSR count). The van der Waals surface area contributed by atoms with Gasteiger partial charge in [0, 0.05) is 18.0 Å². The van der Waals surface area contributed by atoms with Crippen LogP contribution in [0.1, 0.15) is 51.9 Å². The second-order valence-electron chi connectivity index (χ2n) is 11.1. The summed E-state index contributed by atoms with van der Waals surface area (Å²) in [4.78, 5) is 2.65. The van der Waals surface area contributed by atoms with Crippen molar-refractivity contribution in [1.29, 1.82) is 0 Å². The smallest absolute Gasteiger partial charge is 0.117 e. The van der Waals surface area contributed by atoms with Crippen molar-refractivity contribution >= 4 is 0 Å². The van der Waals surface area contributed by atoms with Crippen LogP contribution in [0.5, 0.6) is 0 Å². The van der Waals surface area contributed by atoms with Crippen LogP contribution in [0.3, 0.4) is 0 Å². The van der Waals surface area contributed by atoms with Crippen LogP contribution in [0.4, 0.5) is 0 Å². The maximum Gasteiger partial charge on any atom is 0.117 e. The van der Waals surface area contributed by atoms with Crippen LogP contribution in [-0.4, -0.2) is 58.2 Å². The highest BCUT2D eigenvalue weighted by atomic mass is 16.4. The first-order chi connectivity index (χ1) is 11.8. The minimum Gasteiger partial charge on any atom is -0.393 e. The highest BCUT2D eigenvalue weighted by molar-refractivity contribution is 5.33. The third-order valence-corrected chi connectivity index (χ3v) is 10.7. The third kappa shape index (κ3) is 1.35. The van der Waals surface area contributed by atoms with Crippen LogP contribution in [0.15, 0.2) is 0 Å². The Kier molecular flexibility index (Phi) is 2.72. The minimum atomic E-state index is -1.26. The number of aliphatic hydroxyl groups excluding tert-OH is 2. The number of piperidine rings is 1. The van der Waals surface area contributed by atoms with Crippen LogP contribution in [0.25, 0.3) is 0 Å². The van der Waals surface area contributed by atoms with E-state index in [9.17, 15) is 15.3 Å².